The van der Waals surface area contributed by atoms with E-state index in [4.69, 9.17) is 0 Å². The second-order valence-corrected chi connectivity index (χ2v) is 10.4. The molecule has 4 heteroatoms. The van der Waals surface area contributed by atoms with Gasteiger partial charge in [0.15, 0.2) is 0 Å². The first-order chi connectivity index (χ1) is 14.9. The lowest BCUT2D eigenvalue weighted by Crippen LogP contribution is -2.45. The van der Waals surface area contributed by atoms with Crippen LogP contribution < -0.4 is 5.11 Å². The van der Waals surface area contributed by atoms with E-state index < -0.39 is 5.97 Å². The van der Waals surface area contributed by atoms with Crippen molar-refractivity contribution >= 4 is 5.97 Å². The van der Waals surface area contributed by atoms with Crippen LogP contribution >= 0.6 is 0 Å². The fourth-order valence-electron chi connectivity index (χ4n) is 4.49. The van der Waals surface area contributed by atoms with Crippen LogP contribution in [0.2, 0.25) is 0 Å². The van der Waals surface area contributed by atoms with E-state index in [2.05, 4.69) is 21.0 Å². The van der Waals surface area contributed by atoms with E-state index in [-0.39, 0.29) is 12.5 Å². The number of carboxylic acids is 1. The van der Waals surface area contributed by atoms with Crippen LogP contribution in [-0.4, -0.2) is 48.8 Å². The zero-order chi connectivity index (χ0) is 23.2. The van der Waals surface area contributed by atoms with E-state index in [1.807, 2.05) is 0 Å². The number of quaternary nitrogens is 1. The van der Waals surface area contributed by atoms with Gasteiger partial charge in [-0.05, 0) is 32.1 Å². The molecule has 4 nitrogen and oxygen atoms in total. The summed E-state index contributed by atoms with van der Waals surface area (Å²) < 4.78 is 0.919. The minimum Gasteiger partial charge on any atom is -0.550 e. The van der Waals surface area contributed by atoms with Gasteiger partial charge in [0.2, 0.25) is 0 Å². The van der Waals surface area contributed by atoms with Crippen LogP contribution in [0.1, 0.15) is 135 Å². The first kappa shape index (κ1) is 30.4. The molecule has 0 fully saturated rings. The topological polar surface area (TPSA) is 60.4 Å². The third-order valence-electron chi connectivity index (χ3n) is 6.49. The first-order valence-electron chi connectivity index (χ1n) is 13.6. The summed E-state index contributed by atoms with van der Waals surface area (Å²) in [5.74, 6) is -0.922. The van der Waals surface area contributed by atoms with Crippen LogP contribution in [-0.2, 0) is 4.79 Å². The Labute approximate surface area is 194 Å². The van der Waals surface area contributed by atoms with E-state index >= 15 is 0 Å². The molecule has 0 aromatic rings. The summed E-state index contributed by atoms with van der Waals surface area (Å²) >= 11 is 0. The molecule has 0 saturated carbocycles. The molecule has 1 atom stereocenters. The van der Waals surface area contributed by atoms with Crippen molar-refractivity contribution < 1.29 is 19.5 Å². The number of carbonyl (C=O) groups is 1. The highest BCUT2D eigenvalue weighted by molar-refractivity contribution is 5.63. The van der Waals surface area contributed by atoms with Crippen LogP contribution in [0.3, 0.4) is 0 Å². The summed E-state index contributed by atoms with van der Waals surface area (Å²) in [6.45, 7) is 4.28. The Balaban J connectivity index is 3.49. The number of hydrogen-bond donors (Lipinski definition) is 1. The number of likely N-dealkylation sites (N-methyl/N-ethyl adjacent to an activating group) is 1. The van der Waals surface area contributed by atoms with Crippen LogP contribution in [0.15, 0.2) is 0 Å². The standard InChI is InChI=1S/C27H55NO3/c1-4-5-6-7-8-9-10-13-16-19-22-26(29)25-28(2,3)24-21-18-15-12-11-14-17-20-23-27(30)31/h26,29H,4-25H2,1-3H3. The largest absolute Gasteiger partial charge is 0.550 e. The van der Waals surface area contributed by atoms with Crippen LogP contribution in [0, 0.1) is 0 Å². The average molecular weight is 442 g/mol. The van der Waals surface area contributed by atoms with Crippen molar-refractivity contribution in [1.82, 2.24) is 0 Å². The number of carboxylic acid groups (broad SMARTS) is 1. The molecule has 186 valence electrons. The second kappa shape index (κ2) is 21.2. The summed E-state index contributed by atoms with van der Waals surface area (Å²) in [5.41, 5.74) is 0. The number of nitrogens with zero attached hydrogens (tertiary/aromatic N) is 1. The maximum Gasteiger partial charge on any atom is 0.105 e. The number of unbranched alkanes of at least 4 members (excludes halogenated alkanes) is 16. The van der Waals surface area contributed by atoms with Gasteiger partial charge in [0.1, 0.15) is 12.6 Å². The summed E-state index contributed by atoms with van der Waals surface area (Å²) in [6.07, 6.45) is 23.6. The molecule has 1 N–H and O–H groups in total. The fraction of sp³-hybridized carbons (Fsp3) is 0.963. The van der Waals surface area contributed by atoms with Gasteiger partial charge in [-0.25, -0.2) is 0 Å². The number of aliphatic hydroxyl groups excluding tert-OH is 1. The summed E-state index contributed by atoms with van der Waals surface area (Å²) in [5, 5.41) is 20.8. The molecule has 31 heavy (non-hydrogen) atoms. The van der Waals surface area contributed by atoms with E-state index in [1.54, 1.807) is 0 Å². The molecule has 0 aromatic carbocycles. The lowest BCUT2D eigenvalue weighted by Gasteiger charge is -2.32. The molecule has 0 aromatic heterocycles. The zero-order valence-corrected chi connectivity index (χ0v) is 21.3. The van der Waals surface area contributed by atoms with Gasteiger partial charge < -0.3 is 19.5 Å². The van der Waals surface area contributed by atoms with Crippen LogP contribution in [0.5, 0.6) is 0 Å². The SMILES string of the molecule is CCCCCCCCCCCCC(O)C[N+](C)(C)CCCCCCCCCCC(=O)[O-]. The zero-order valence-electron chi connectivity index (χ0n) is 21.3. The second-order valence-electron chi connectivity index (χ2n) is 10.4. The minimum absolute atomic E-state index is 0.162. The molecule has 0 bridgehead atoms. The Morgan fingerprint density at radius 3 is 1.61 bits per heavy atom. The van der Waals surface area contributed by atoms with Crippen molar-refractivity contribution in [3.8, 4) is 0 Å². The average Bonchev–Trinajstić information content (AvgIpc) is 2.70. The predicted octanol–water partition coefficient (Wildman–Crippen LogP) is 6.00. The molecular weight excluding hydrogens is 386 g/mol. The molecule has 0 radical (unpaired) electrons. The first-order valence-corrected chi connectivity index (χ1v) is 13.6. The van der Waals surface area contributed by atoms with Gasteiger partial charge in [0.05, 0.1) is 20.6 Å². The highest BCUT2D eigenvalue weighted by atomic mass is 16.4. The summed E-state index contributed by atoms with van der Waals surface area (Å²) in [6, 6.07) is 0. The Bertz CT molecular complexity index is 398. The third kappa shape index (κ3) is 23.9. The molecule has 0 rings (SSSR count). The lowest BCUT2D eigenvalue weighted by atomic mass is 10.0. The summed E-state index contributed by atoms with van der Waals surface area (Å²) in [4.78, 5) is 10.4. The molecule has 0 aliphatic rings. The minimum atomic E-state index is -0.922. The highest BCUT2D eigenvalue weighted by Gasteiger charge is 2.19. The van der Waals surface area contributed by atoms with E-state index in [9.17, 15) is 15.0 Å². The Morgan fingerprint density at radius 1 is 0.710 bits per heavy atom. The Morgan fingerprint density at radius 2 is 1.13 bits per heavy atom. The molecule has 0 amide bonds. The molecule has 0 heterocycles. The molecule has 0 aliphatic heterocycles. The van der Waals surface area contributed by atoms with Crippen molar-refractivity contribution in [3.05, 3.63) is 0 Å². The van der Waals surface area contributed by atoms with Crippen molar-refractivity contribution in [2.75, 3.05) is 27.2 Å². The Kier molecular flexibility index (Phi) is 20.8. The summed E-state index contributed by atoms with van der Waals surface area (Å²) in [7, 11) is 4.50. The number of rotatable bonds is 24. The third-order valence-corrected chi connectivity index (χ3v) is 6.49. The number of carbonyl (C=O) groups excluding carboxylic acids is 1. The maximum atomic E-state index is 10.4. The molecule has 0 spiro atoms. The lowest BCUT2D eigenvalue weighted by molar-refractivity contribution is -0.893. The van der Waals surface area contributed by atoms with Crippen LogP contribution in [0.4, 0.5) is 0 Å². The van der Waals surface area contributed by atoms with Gasteiger partial charge in [0, 0.05) is 5.97 Å². The van der Waals surface area contributed by atoms with Gasteiger partial charge >= 0.3 is 0 Å². The predicted molar refractivity (Wildman–Crippen MR) is 131 cm³/mol. The van der Waals surface area contributed by atoms with E-state index in [0.29, 0.717) is 0 Å². The van der Waals surface area contributed by atoms with Gasteiger partial charge in [-0.15, -0.1) is 0 Å². The normalized spacial score (nSPS) is 12.9. The molecule has 1 unspecified atom stereocenters. The van der Waals surface area contributed by atoms with Gasteiger partial charge in [-0.1, -0.05) is 103 Å². The smallest absolute Gasteiger partial charge is 0.105 e. The molecule has 0 aliphatic carbocycles. The fourth-order valence-corrected chi connectivity index (χ4v) is 4.49. The van der Waals surface area contributed by atoms with Gasteiger partial charge in [-0.2, -0.15) is 0 Å². The van der Waals surface area contributed by atoms with Gasteiger partial charge in [0.25, 0.3) is 0 Å². The highest BCUT2D eigenvalue weighted by Crippen LogP contribution is 2.14. The quantitative estimate of drug-likeness (QED) is 0.148. The van der Waals surface area contributed by atoms with Crippen molar-refractivity contribution in [1.29, 1.82) is 0 Å². The number of aliphatic hydroxyl groups is 1. The van der Waals surface area contributed by atoms with Crippen LogP contribution in [0.25, 0.3) is 0 Å². The molecular formula is C27H55NO3. The Hall–Kier alpha value is -0.610. The monoisotopic (exact) mass is 441 g/mol. The van der Waals surface area contributed by atoms with E-state index in [0.717, 1.165) is 43.3 Å². The van der Waals surface area contributed by atoms with Crippen molar-refractivity contribution in [2.45, 2.75) is 141 Å². The number of hydrogen-bond acceptors (Lipinski definition) is 3. The number of aliphatic carboxylic acids is 1. The van der Waals surface area contributed by atoms with Gasteiger partial charge in [-0.3, -0.25) is 0 Å². The maximum absolute atomic E-state index is 10.4. The van der Waals surface area contributed by atoms with Crippen molar-refractivity contribution in [2.24, 2.45) is 0 Å². The molecule has 0 saturated heterocycles. The van der Waals surface area contributed by atoms with E-state index in [1.165, 1.54) is 96.3 Å². The van der Waals surface area contributed by atoms with Crippen molar-refractivity contribution in [3.63, 3.8) is 0 Å².